The Kier molecular flexibility index (Phi) is 29.1. The van der Waals surface area contributed by atoms with E-state index in [0.717, 1.165) is 99.6 Å². The number of fused-ring (bicyclic) bond motifs is 12. The summed E-state index contributed by atoms with van der Waals surface area (Å²) < 4.78 is 59.6. The molecular formula is C85H81Cl5F3N11O15. The van der Waals surface area contributed by atoms with E-state index in [0.29, 0.717) is 91.2 Å². The van der Waals surface area contributed by atoms with Crippen molar-refractivity contribution in [2.45, 2.75) is 128 Å². The Balaban J connectivity index is 0.000000153. The molecule has 7 aromatic carbocycles. The summed E-state index contributed by atoms with van der Waals surface area (Å²) in [6.07, 6.45) is 6.24. The molecule has 9 heterocycles. The van der Waals surface area contributed by atoms with Crippen LogP contribution < -0.4 is 11.1 Å². The van der Waals surface area contributed by atoms with Crippen LogP contribution in [0.2, 0.25) is 20.1 Å². The number of urea groups is 2. The van der Waals surface area contributed by atoms with Crippen LogP contribution >= 0.6 is 58.8 Å². The summed E-state index contributed by atoms with van der Waals surface area (Å²) in [7, 11) is 2.64. The van der Waals surface area contributed by atoms with Crippen LogP contribution in [0.15, 0.2) is 152 Å². The Morgan fingerprint density at radius 2 is 0.941 bits per heavy atom. The Bertz CT molecular complexity index is 5720. The van der Waals surface area contributed by atoms with Crippen molar-refractivity contribution in [3.63, 3.8) is 0 Å². The topological polar surface area (TPSA) is 347 Å². The highest BCUT2D eigenvalue weighted by molar-refractivity contribution is 6.32. The summed E-state index contributed by atoms with van der Waals surface area (Å²) >= 11 is 24.6. The molecular weight excluding hydrogens is 1650 g/mol. The van der Waals surface area contributed by atoms with Gasteiger partial charge in [0.15, 0.2) is 0 Å². The summed E-state index contributed by atoms with van der Waals surface area (Å²) in [5.74, 6) is -4.86. The van der Waals surface area contributed by atoms with Crippen molar-refractivity contribution in [3.8, 4) is 6.26 Å². The van der Waals surface area contributed by atoms with E-state index in [1.807, 2.05) is 54.6 Å². The number of carboxylic acid groups (broad SMARTS) is 3. The Morgan fingerprint density at radius 1 is 0.546 bits per heavy atom. The number of carbonyl (C=O) groups excluding carboxylic acids is 6. The molecule has 2 fully saturated rings. The highest BCUT2D eigenvalue weighted by Gasteiger charge is 2.50. The SMILES string of the molecule is COC(=O)CCCN1C(=O)[C@@H]2Cc3c(n(Cc4ccc(F)cc4)c4cc(Cl)ccc34)CN2C1=O.COC(=O)CCCOC#N.Cl.N[C@@H](Cc1c[nH]c2cc(Cl)ccc12)C(=O)O.O=C(O)C1Cc2c(n(Cc3ccc(F)cc3)c3cc(Cl)ccc23)CN1.O=C(O)CCCN1C(=O)[C@@H]2Cc3c(n(Cc4ccc(F)cc4)c4cc(Cl)ccc34)CN2C1=O. The van der Waals surface area contributed by atoms with Gasteiger partial charge in [-0.1, -0.05) is 107 Å². The molecule has 0 saturated carbocycles. The number of nitrogens with zero attached hydrogens (tertiary/aromatic N) is 8. The molecule has 0 spiro atoms. The molecule has 16 rings (SSSR count). The van der Waals surface area contributed by atoms with Gasteiger partial charge in [-0.05, 0) is 143 Å². The number of rotatable bonds is 22. The van der Waals surface area contributed by atoms with Crippen molar-refractivity contribution in [2.24, 2.45) is 5.73 Å². The van der Waals surface area contributed by atoms with Crippen LogP contribution in [0.1, 0.15) is 94.6 Å². The van der Waals surface area contributed by atoms with E-state index < -0.39 is 48.1 Å². The number of nitriles is 1. The number of methoxy groups -OCH3 is 2. The Hall–Kier alpha value is -11.6. The first-order chi connectivity index (χ1) is 56.6. The average molecular weight is 1730 g/mol. The van der Waals surface area contributed by atoms with Gasteiger partial charge in [0, 0.05) is 155 Å². The third-order valence-electron chi connectivity index (χ3n) is 21.1. The molecule has 26 nitrogen and oxygen atoms in total. The number of amides is 6. The number of aromatic nitrogens is 4. The zero-order chi connectivity index (χ0) is 84.3. The number of imide groups is 2. The third kappa shape index (κ3) is 20.4. The fourth-order valence-corrected chi connectivity index (χ4v) is 16.0. The van der Waals surface area contributed by atoms with Crippen LogP contribution in [0, 0.1) is 29.0 Å². The number of esters is 2. The highest BCUT2D eigenvalue weighted by atomic mass is 35.5. The van der Waals surface area contributed by atoms with Crippen molar-refractivity contribution in [1.29, 1.82) is 5.26 Å². The molecule has 0 aliphatic carbocycles. The molecule has 0 radical (unpaired) electrons. The van der Waals surface area contributed by atoms with Crippen LogP contribution in [0.4, 0.5) is 22.8 Å². The van der Waals surface area contributed by atoms with E-state index in [1.165, 1.54) is 66.7 Å². The molecule has 1 unspecified atom stereocenters. The lowest BCUT2D eigenvalue weighted by atomic mass is 9.97. The average Bonchev–Trinajstić information content (AvgIpc) is 1.59. The number of ether oxygens (including phenoxy) is 3. The largest absolute Gasteiger partial charge is 0.481 e. The van der Waals surface area contributed by atoms with Gasteiger partial charge in [0.2, 0.25) is 0 Å². The predicted molar refractivity (Wildman–Crippen MR) is 440 cm³/mol. The standard InChI is InChI=1S/C25H23ClFN3O4.C24H21ClFN3O4.C19H16ClFN2O2.C11H11ClN2O2.C6H9NO3.ClH/c1-34-23(31)3-2-10-28-24(32)21-12-19-18-9-6-16(26)11-20(18)29(22(19)14-30(21)25(28)33)13-15-4-7-17(27)8-5-15;25-15-5-8-17-18-11-20-23(32)27(9-1-2-22(30)31)24(33)29(20)13-21(18)28(19(17)10-15)12-14-3-6-16(26)7-4-14;20-12-3-6-14-15-8-16(19(24)25)22-9-18(15)23(17(14)7-12)10-11-1-4-13(21)5-2-11;12-7-1-2-8-6(3-9(13)11(15)16)5-14-10(8)4-7;1-9-6(8)3-2-4-10-5-7;/h4-9,11,21H,2-3,10,12-14H2,1H3;3-8,10,20H,1-2,9,11-13H2,(H,30,31);1-7,16,22H,8-10H2,(H,24,25);1-2,4-5,9,14H,3,13H2,(H,15,16);2-4H2,1H3;1H/t21-;20-;;9-;;/m00.0../s1. The molecule has 4 aromatic heterocycles. The number of hydrogen-bond donors (Lipinski definition) is 6. The monoisotopic (exact) mass is 1730 g/mol. The van der Waals surface area contributed by atoms with Crippen LogP contribution in [0.5, 0.6) is 0 Å². The molecule has 34 heteroatoms. The van der Waals surface area contributed by atoms with Gasteiger partial charge in [0.1, 0.15) is 48.2 Å². The first kappa shape index (κ1) is 88.2. The van der Waals surface area contributed by atoms with E-state index >= 15 is 0 Å². The number of carboxylic acids is 3. The maximum absolute atomic E-state index is 13.4. The fourth-order valence-electron chi connectivity index (χ4n) is 15.3. The van der Waals surface area contributed by atoms with Gasteiger partial charge >= 0.3 is 41.9 Å². The van der Waals surface area contributed by atoms with Crippen LogP contribution in [0.3, 0.4) is 0 Å². The number of aromatic amines is 1. The van der Waals surface area contributed by atoms with E-state index in [9.17, 15) is 61.4 Å². The van der Waals surface area contributed by atoms with Crippen molar-refractivity contribution < 1.29 is 85.9 Å². The normalized spacial score (nSPS) is 15.8. The molecule has 7 N–H and O–H groups in total. The van der Waals surface area contributed by atoms with Crippen LogP contribution in [0.25, 0.3) is 43.6 Å². The summed E-state index contributed by atoms with van der Waals surface area (Å²) in [5, 5.41) is 44.3. The molecule has 2 saturated heterocycles. The van der Waals surface area contributed by atoms with Crippen molar-refractivity contribution >= 4 is 156 Å². The van der Waals surface area contributed by atoms with Gasteiger partial charge in [-0.25, -0.2) is 22.8 Å². The first-order valence-electron chi connectivity index (χ1n) is 37.5. The second-order valence-corrected chi connectivity index (χ2v) is 30.3. The number of halogens is 8. The third-order valence-corrected chi connectivity index (χ3v) is 22.1. The van der Waals surface area contributed by atoms with E-state index in [1.54, 1.807) is 70.6 Å². The summed E-state index contributed by atoms with van der Waals surface area (Å²) in [4.78, 5) is 116. The van der Waals surface area contributed by atoms with Crippen molar-refractivity contribution in [1.82, 2.24) is 43.6 Å². The molecule has 119 heavy (non-hydrogen) atoms. The minimum atomic E-state index is -0.997. The molecule has 0 bridgehead atoms. The van der Waals surface area contributed by atoms with Gasteiger partial charge in [0.25, 0.3) is 18.1 Å². The van der Waals surface area contributed by atoms with E-state index in [2.05, 4.69) is 38.2 Å². The second kappa shape index (κ2) is 39.3. The maximum Gasteiger partial charge on any atom is 0.327 e. The van der Waals surface area contributed by atoms with Crippen LogP contribution in [-0.4, -0.2) is 165 Å². The van der Waals surface area contributed by atoms with Gasteiger partial charge < -0.3 is 63.7 Å². The zero-order valence-electron chi connectivity index (χ0n) is 64.1. The number of nitrogens with two attached hydrogens (primary N) is 1. The minimum Gasteiger partial charge on any atom is -0.481 e. The van der Waals surface area contributed by atoms with E-state index in [-0.39, 0.29) is 112 Å². The van der Waals surface area contributed by atoms with Crippen LogP contribution in [-0.2, 0) is 113 Å². The van der Waals surface area contributed by atoms with E-state index in [4.69, 9.17) is 67.6 Å². The summed E-state index contributed by atoms with van der Waals surface area (Å²) in [6, 6.07) is 37.9. The first-order valence-corrected chi connectivity index (χ1v) is 39.1. The zero-order valence-corrected chi connectivity index (χ0v) is 68.0. The number of aliphatic carboxylic acids is 3. The lowest BCUT2D eigenvalue weighted by molar-refractivity contribution is -0.141. The van der Waals surface area contributed by atoms with Gasteiger partial charge in [-0.15, -0.1) is 12.4 Å². The predicted octanol–water partition coefficient (Wildman–Crippen LogP) is 14.4. The molecule has 6 amide bonds. The number of nitrogens with one attached hydrogen (secondary N) is 2. The Labute approximate surface area is 705 Å². The molecule has 622 valence electrons. The smallest absolute Gasteiger partial charge is 0.327 e. The summed E-state index contributed by atoms with van der Waals surface area (Å²) in [5.41, 5.74) is 18.8. The number of carbonyl (C=O) groups is 9. The lowest BCUT2D eigenvalue weighted by Gasteiger charge is -2.28. The maximum atomic E-state index is 13.4. The fraction of sp³-hybridized carbons (Fsp3) is 0.294. The van der Waals surface area contributed by atoms with Crippen molar-refractivity contribution in [2.75, 3.05) is 33.9 Å². The quantitative estimate of drug-likeness (QED) is 0.0159. The number of benzene rings is 7. The molecule has 4 atom stereocenters. The second-order valence-electron chi connectivity index (χ2n) is 28.6. The number of hydrogen-bond acceptors (Lipinski definition) is 15. The summed E-state index contributed by atoms with van der Waals surface area (Å²) in [6.45, 7) is 3.09. The lowest BCUT2D eigenvalue weighted by Crippen LogP contribution is -2.42. The molecule has 11 aromatic rings. The highest BCUT2D eigenvalue weighted by Crippen LogP contribution is 2.41. The van der Waals surface area contributed by atoms with Gasteiger partial charge in [-0.3, -0.25) is 48.7 Å². The van der Waals surface area contributed by atoms with Gasteiger partial charge in [-0.2, -0.15) is 5.26 Å². The number of H-pyrrole nitrogens is 1. The minimum absolute atomic E-state index is 0. The Morgan fingerprint density at radius 3 is 1.34 bits per heavy atom. The van der Waals surface area contributed by atoms with Crippen molar-refractivity contribution in [3.05, 3.63) is 245 Å². The van der Waals surface area contributed by atoms with Gasteiger partial charge in [0.05, 0.1) is 43.9 Å². The molecule has 5 aliphatic heterocycles. The molecule has 5 aliphatic rings.